The zero-order chi connectivity index (χ0) is 15.0. The molecule has 0 aliphatic carbocycles. The number of aliphatic hydroxyl groups is 1. The van der Waals surface area contributed by atoms with E-state index in [4.69, 9.17) is 0 Å². The van der Waals surface area contributed by atoms with Crippen molar-refractivity contribution in [3.05, 3.63) is 18.3 Å². The van der Waals surface area contributed by atoms with E-state index in [1.54, 1.807) is 12.1 Å². The molecule has 0 spiro atoms. The van der Waals surface area contributed by atoms with Gasteiger partial charge in [0, 0.05) is 33.4 Å². The molecule has 1 saturated heterocycles. The molecular weight excluding hydrogens is 278 g/mol. The lowest BCUT2D eigenvalue weighted by molar-refractivity contribution is 0.0447. The van der Waals surface area contributed by atoms with Crippen molar-refractivity contribution in [3.8, 4) is 0 Å². The molecule has 1 fully saturated rings. The predicted octanol–water partition coefficient (Wildman–Crippen LogP) is 0.683. The Hall–Kier alpha value is -1.18. The Labute approximate surface area is 120 Å². The lowest BCUT2D eigenvalue weighted by Gasteiger charge is -2.37. The summed E-state index contributed by atoms with van der Waals surface area (Å²) >= 11 is 0. The van der Waals surface area contributed by atoms with E-state index in [2.05, 4.69) is 4.98 Å². The lowest BCUT2D eigenvalue weighted by Crippen LogP contribution is -2.46. The standard InChI is InChI=1S/C13H21N3O3S/c1-13(17)7-4-8-16(10-13)12-6-5-11(9-14-12)20(18,19)15(2)3/h5-6,9,17H,4,7-8,10H2,1-3H3. The Morgan fingerprint density at radius 2 is 2.10 bits per heavy atom. The molecule has 0 saturated carbocycles. The van der Waals surface area contributed by atoms with Crippen LogP contribution in [-0.4, -0.2) is 55.6 Å². The van der Waals surface area contributed by atoms with E-state index in [9.17, 15) is 13.5 Å². The van der Waals surface area contributed by atoms with Gasteiger partial charge in [-0.15, -0.1) is 0 Å². The molecule has 2 heterocycles. The highest BCUT2D eigenvalue weighted by molar-refractivity contribution is 7.89. The van der Waals surface area contributed by atoms with Crippen LogP contribution in [0.4, 0.5) is 5.82 Å². The van der Waals surface area contributed by atoms with Gasteiger partial charge in [-0.05, 0) is 31.9 Å². The number of pyridine rings is 1. The molecule has 1 aliphatic rings. The highest BCUT2D eigenvalue weighted by atomic mass is 32.2. The van der Waals surface area contributed by atoms with Gasteiger partial charge in [-0.2, -0.15) is 0 Å². The Morgan fingerprint density at radius 3 is 2.60 bits per heavy atom. The van der Waals surface area contributed by atoms with Crippen LogP contribution in [0.25, 0.3) is 0 Å². The molecule has 2 rings (SSSR count). The van der Waals surface area contributed by atoms with Gasteiger partial charge in [-0.1, -0.05) is 0 Å². The summed E-state index contributed by atoms with van der Waals surface area (Å²) in [5, 5.41) is 10.1. The van der Waals surface area contributed by atoms with Crippen LogP contribution in [0, 0.1) is 0 Å². The normalized spacial score (nSPS) is 24.1. The third-order valence-electron chi connectivity index (χ3n) is 3.50. The molecule has 0 aromatic carbocycles. The van der Waals surface area contributed by atoms with Crippen LogP contribution in [-0.2, 0) is 10.0 Å². The van der Waals surface area contributed by atoms with E-state index >= 15 is 0 Å². The molecule has 1 aromatic rings. The van der Waals surface area contributed by atoms with Crippen LogP contribution < -0.4 is 4.90 Å². The third-order valence-corrected chi connectivity index (χ3v) is 5.30. The van der Waals surface area contributed by atoms with Crippen LogP contribution in [0.2, 0.25) is 0 Å². The first-order chi connectivity index (χ1) is 9.22. The van der Waals surface area contributed by atoms with E-state index in [0.717, 1.165) is 23.7 Å². The summed E-state index contributed by atoms with van der Waals surface area (Å²) in [7, 11) is -0.462. The minimum absolute atomic E-state index is 0.176. The minimum Gasteiger partial charge on any atom is -0.388 e. The maximum absolute atomic E-state index is 12.0. The van der Waals surface area contributed by atoms with Crippen molar-refractivity contribution in [2.75, 3.05) is 32.1 Å². The minimum atomic E-state index is -3.44. The van der Waals surface area contributed by atoms with Gasteiger partial charge in [0.05, 0.1) is 5.60 Å². The first kappa shape index (κ1) is 15.2. The van der Waals surface area contributed by atoms with Crippen molar-refractivity contribution < 1.29 is 13.5 Å². The first-order valence-corrected chi connectivity index (χ1v) is 8.02. The Balaban J connectivity index is 2.21. The molecule has 7 heteroatoms. The van der Waals surface area contributed by atoms with Crippen molar-refractivity contribution in [1.29, 1.82) is 0 Å². The average Bonchev–Trinajstić information content (AvgIpc) is 2.37. The fourth-order valence-electron chi connectivity index (χ4n) is 2.34. The molecule has 1 N–H and O–H groups in total. The van der Waals surface area contributed by atoms with Gasteiger partial charge in [0.25, 0.3) is 0 Å². The maximum Gasteiger partial charge on any atom is 0.244 e. The van der Waals surface area contributed by atoms with Crippen LogP contribution in [0.15, 0.2) is 23.2 Å². The van der Waals surface area contributed by atoms with Crippen molar-refractivity contribution in [2.24, 2.45) is 0 Å². The number of hydrogen-bond donors (Lipinski definition) is 1. The number of piperidine rings is 1. The molecule has 0 bridgehead atoms. The molecule has 1 unspecified atom stereocenters. The number of rotatable bonds is 3. The van der Waals surface area contributed by atoms with Crippen molar-refractivity contribution in [3.63, 3.8) is 0 Å². The summed E-state index contributed by atoms with van der Waals surface area (Å²) in [6.45, 7) is 3.15. The number of aromatic nitrogens is 1. The second-order valence-electron chi connectivity index (χ2n) is 5.66. The molecule has 1 aromatic heterocycles. The Bertz CT molecular complexity index is 567. The SMILES string of the molecule is CN(C)S(=O)(=O)c1ccc(N2CCCC(C)(O)C2)nc1. The highest BCUT2D eigenvalue weighted by Gasteiger charge is 2.29. The summed E-state index contributed by atoms with van der Waals surface area (Å²) in [6.07, 6.45) is 3.04. The Morgan fingerprint density at radius 1 is 1.40 bits per heavy atom. The van der Waals surface area contributed by atoms with E-state index in [0.29, 0.717) is 12.4 Å². The molecule has 112 valence electrons. The van der Waals surface area contributed by atoms with E-state index < -0.39 is 15.6 Å². The Kier molecular flexibility index (Phi) is 4.04. The predicted molar refractivity (Wildman–Crippen MR) is 77.2 cm³/mol. The van der Waals surface area contributed by atoms with Crippen molar-refractivity contribution in [1.82, 2.24) is 9.29 Å². The summed E-state index contributed by atoms with van der Waals surface area (Å²) in [4.78, 5) is 6.38. The average molecular weight is 299 g/mol. The van der Waals surface area contributed by atoms with Gasteiger partial charge >= 0.3 is 0 Å². The van der Waals surface area contributed by atoms with E-state index in [1.807, 2.05) is 11.8 Å². The summed E-state index contributed by atoms with van der Waals surface area (Å²) in [5.41, 5.74) is -0.714. The van der Waals surface area contributed by atoms with Crippen LogP contribution in [0.1, 0.15) is 19.8 Å². The third kappa shape index (κ3) is 3.11. The van der Waals surface area contributed by atoms with Gasteiger partial charge in [-0.3, -0.25) is 0 Å². The number of anilines is 1. The molecule has 0 radical (unpaired) electrons. The molecule has 20 heavy (non-hydrogen) atoms. The number of nitrogens with zero attached hydrogens (tertiary/aromatic N) is 3. The van der Waals surface area contributed by atoms with Gasteiger partial charge in [-0.25, -0.2) is 17.7 Å². The zero-order valence-corrected chi connectivity index (χ0v) is 12.9. The van der Waals surface area contributed by atoms with E-state index in [-0.39, 0.29) is 4.90 Å². The van der Waals surface area contributed by atoms with Crippen LogP contribution in [0.5, 0.6) is 0 Å². The summed E-state index contributed by atoms with van der Waals surface area (Å²) < 4.78 is 25.1. The summed E-state index contributed by atoms with van der Waals surface area (Å²) in [5.74, 6) is 0.697. The van der Waals surface area contributed by atoms with Crippen molar-refractivity contribution in [2.45, 2.75) is 30.3 Å². The zero-order valence-electron chi connectivity index (χ0n) is 12.1. The van der Waals surface area contributed by atoms with E-state index in [1.165, 1.54) is 20.3 Å². The van der Waals surface area contributed by atoms with Crippen LogP contribution >= 0.6 is 0 Å². The molecule has 1 aliphatic heterocycles. The molecule has 0 amide bonds. The van der Waals surface area contributed by atoms with Gasteiger partial charge in [0.15, 0.2) is 0 Å². The maximum atomic E-state index is 12.0. The highest BCUT2D eigenvalue weighted by Crippen LogP contribution is 2.25. The monoisotopic (exact) mass is 299 g/mol. The second-order valence-corrected chi connectivity index (χ2v) is 7.81. The topological polar surface area (TPSA) is 73.7 Å². The molecule has 6 nitrogen and oxygen atoms in total. The fourth-order valence-corrected chi connectivity index (χ4v) is 3.19. The number of β-amino-alcohol motifs (C(OH)–C–C–N with tert-alkyl or cyclic N) is 1. The molecular formula is C13H21N3O3S. The summed E-state index contributed by atoms with van der Waals surface area (Å²) in [6, 6.07) is 3.25. The quantitative estimate of drug-likeness (QED) is 0.888. The van der Waals surface area contributed by atoms with Crippen LogP contribution in [0.3, 0.4) is 0 Å². The second kappa shape index (κ2) is 5.31. The lowest BCUT2D eigenvalue weighted by atomic mass is 9.95. The van der Waals surface area contributed by atoms with Gasteiger partial charge in [0.1, 0.15) is 10.7 Å². The van der Waals surface area contributed by atoms with Crippen molar-refractivity contribution >= 4 is 15.8 Å². The number of sulfonamides is 1. The largest absolute Gasteiger partial charge is 0.388 e. The first-order valence-electron chi connectivity index (χ1n) is 6.58. The van der Waals surface area contributed by atoms with Gasteiger partial charge < -0.3 is 10.0 Å². The fraction of sp³-hybridized carbons (Fsp3) is 0.615. The number of hydrogen-bond acceptors (Lipinski definition) is 5. The van der Waals surface area contributed by atoms with Gasteiger partial charge in [0.2, 0.25) is 10.0 Å². The molecule has 1 atom stereocenters. The smallest absolute Gasteiger partial charge is 0.244 e.